The van der Waals surface area contributed by atoms with E-state index in [-0.39, 0.29) is 5.69 Å². The van der Waals surface area contributed by atoms with Gasteiger partial charge in [0.1, 0.15) is 18.7 Å². The highest BCUT2D eigenvalue weighted by atomic mass is 19.1. The summed E-state index contributed by atoms with van der Waals surface area (Å²) in [4.78, 5) is 21.2. The van der Waals surface area contributed by atoms with Gasteiger partial charge in [-0.15, -0.1) is 0 Å². The van der Waals surface area contributed by atoms with Gasteiger partial charge in [-0.1, -0.05) is 0 Å². The lowest BCUT2D eigenvalue weighted by Gasteiger charge is -2.16. The molecule has 0 aliphatic carbocycles. The number of rotatable bonds is 10. The number of carbonyl (C=O) groups excluding carboxylic acids is 1. The Bertz CT molecular complexity index is 1050. The first-order valence-corrected chi connectivity index (χ1v) is 10.2. The lowest BCUT2D eigenvalue weighted by molar-refractivity contribution is 0.101. The smallest absolute Gasteiger partial charge is 0.276 e. The lowest BCUT2D eigenvalue weighted by Crippen LogP contribution is -2.24. The third kappa shape index (κ3) is 5.45. The van der Waals surface area contributed by atoms with Crippen LogP contribution in [0.25, 0.3) is 11.1 Å². The second-order valence-corrected chi connectivity index (χ2v) is 7.14. The van der Waals surface area contributed by atoms with Crippen LogP contribution < -0.4 is 15.4 Å². The molecule has 0 saturated heterocycles. The Labute approximate surface area is 186 Å². The van der Waals surface area contributed by atoms with Crippen LogP contribution in [-0.2, 0) is 11.8 Å². The average molecular weight is 442 g/mol. The summed E-state index contributed by atoms with van der Waals surface area (Å²) >= 11 is 0. The van der Waals surface area contributed by atoms with Crippen LogP contribution in [-0.4, -0.2) is 59.1 Å². The number of nitrogens with zero attached hydrogens (tertiary/aromatic N) is 4. The fraction of sp³-hybridized carbons (Fsp3) is 0.364. The Morgan fingerprint density at radius 3 is 2.53 bits per heavy atom. The molecule has 1 amide bonds. The Kier molecular flexibility index (Phi) is 7.85. The minimum Gasteiger partial charge on any atom is -0.492 e. The normalized spacial score (nSPS) is 10.9. The van der Waals surface area contributed by atoms with Crippen LogP contribution in [0.4, 0.5) is 10.1 Å². The molecule has 0 aliphatic heterocycles. The number of anilines is 1. The van der Waals surface area contributed by atoms with E-state index in [1.165, 1.54) is 18.1 Å². The Hall–Kier alpha value is -3.37. The van der Waals surface area contributed by atoms with Gasteiger partial charge in [0.25, 0.3) is 5.91 Å². The summed E-state index contributed by atoms with van der Waals surface area (Å²) in [5.74, 6) is -0.652. The van der Waals surface area contributed by atoms with E-state index >= 15 is 0 Å². The molecular weight excluding hydrogens is 415 g/mol. The molecule has 10 heteroatoms. The fourth-order valence-electron chi connectivity index (χ4n) is 3.30. The molecule has 3 aromatic rings. The predicted molar refractivity (Wildman–Crippen MR) is 118 cm³/mol. The third-order valence-electron chi connectivity index (χ3n) is 4.86. The van der Waals surface area contributed by atoms with Crippen LogP contribution in [0.2, 0.25) is 0 Å². The molecule has 0 fully saturated rings. The molecule has 2 N–H and O–H groups in total. The highest BCUT2D eigenvalue weighted by Gasteiger charge is 2.19. The van der Waals surface area contributed by atoms with Crippen LogP contribution in [0.15, 0.2) is 30.7 Å². The highest BCUT2D eigenvalue weighted by molar-refractivity contribution is 6.03. The first kappa shape index (κ1) is 23.3. The molecule has 0 saturated carbocycles. The van der Waals surface area contributed by atoms with Gasteiger partial charge < -0.3 is 20.1 Å². The molecule has 0 unspecified atom stereocenters. The molecule has 0 radical (unpaired) electrons. The molecule has 170 valence electrons. The molecule has 32 heavy (non-hydrogen) atoms. The topological polar surface area (TPSA) is 103 Å². The van der Waals surface area contributed by atoms with Crippen molar-refractivity contribution in [3.8, 4) is 16.9 Å². The summed E-state index contributed by atoms with van der Waals surface area (Å²) < 4.78 is 26.1. The number of hydrogen-bond donors (Lipinski definition) is 2. The maximum absolute atomic E-state index is 13.9. The monoisotopic (exact) mass is 442 g/mol. The van der Waals surface area contributed by atoms with E-state index in [1.54, 1.807) is 25.3 Å². The number of aryl methyl sites for hydroxylation is 3. The largest absolute Gasteiger partial charge is 0.492 e. The number of hydrogen-bond acceptors (Lipinski definition) is 7. The van der Waals surface area contributed by atoms with Crippen molar-refractivity contribution in [3.63, 3.8) is 0 Å². The molecule has 9 nitrogen and oxygen atoms in total. The van der Waals surface area contributed by atoms with Gasteiger partial charge in [0, 0.05) is 55.4 Å². The molecule has 2 aromatic heterocycles. The SMILES string of the molecule is COCCNCCOc1ccc(NC(=O)c2c(F)cnn2C)cc1-c1c(C)ncnc1C. The molecule has 0 atom stereocenters. The zero-order chi connectivity index (χ0) is 23.1. The second kappa shape index (κ2) is 10.8. The number of halogens is 1. The Morgan fingerprint density at radius 2 is 1.88 bits per heavy atom. The number of amides is 1. The molecular formula is C22H27FN6O3. The van der Waals surface area contributed by atoms with E-state index in [4.69, 9.17) is 9.47 Å². The van der Waals surface area contributed by atoms with Gasteiger partial charge in [-0.2, -0.15) is 5.10 Å². The van der Waals surface area contributed by atoms with E-state index in [1.807, 2.05) is 13.8 Å². The van der Waals surface area contributed by atoms with E-state index in [0.717, 1.165) is 35.3 Å². The van der Waals surface area contributed by atoms with Crippen molar-refractivity contribution in [2.24, 2.45) is 7.05 Å². The Balaban J connectivity index is 1.87. The van der Waals surface area contributed by atoms with Gasteiger partial charge in [-0.25, -0.2) is 14.4 Å². The number of aromatic nitrogens is 4. The molecule has 3 rings (SSSR count). The lowest BCUT2D eigenvalue weighted by atomic mass is 10.0. The van der Waals surface area contributed by atoms with Crippen molar-refractivity contribution in [2.75, 3.05) is 38.7 Å². The van der Waals surface area contributed by atoms with Crippen molar-refractivity contribution < 1.29 is 18.7 Å². The maximum atomic E-state index is 13.9. The van der Waals surface area contributed by atoms with E-state index in [0.29, 0.717) is 31.2 Å². The zero-order valence-electron chi connectivity index (χ0n) is 18.6. The quantitative estimate of drug-likeness (QED) is 0.465. The number of carbonyl (C=O) groups is 1. The highest BCUT2D eigenvalue weighted by Crippen LogP contribution is 2.35. The summed E-state index contributed by atoms with van der Waals surface area (Å²) in [6, 6.07) is 5.25. The fourth-order valence-corrected chi connectivity index (χ4v) is 3.30. The second-order valence-electron chi connectivity index (χ2n) is 7.14. The van der Waals surface area contributed by atoms with E-state index in [2.05, 4.69) is 25.7 Å². The first-order valence-electron chi connectivity index (χ1n) is 10.2. The average Bonchev–Trinajstić information content (AvgIpc) is 3.09. The molecule has 0 spiro atoms. The summed E-state index contributed by atoms with van der Waals surface area (Å²) in [5, 5.41) is 9.73. The van der Waals surface area contributed by atoms with Crippen LogP contribution in [0.3, 0.4) is 0 Å². The number of ether oxygens (including phenoxy) is 2. The molecule has 1 aromatic carbocycles. The Morgan fingerprint density at radius 1 is 1.16 bits per heavy atom. The van der Waals surface area contributed by atoms with Crippen molar-refractivity contribution in [3.05, 3.63) is 53.6 Å². The van der Waals surface area contributed by atoms with Gasteiger partial charge in [0.05, 0.1) is 12.8 Å². The van der Waals surface area contributed by atoms with E-state index < -0.39 is 11.7 Å². The van der Waals surface area contributed by atoms with Gasteiger partial charge >= 0.3 is 0 Å². The molecule has 2 heterocycles. The number of methoxy groups -OCH3 is 1. The maximum Gasteiger partial charge on any atom is 0.276 e. The number of benzene rings is 1. The van der Waals surface area contributed by atoms with Crippen LogP contribution >= 0.6 is 0 Å². The van der Waals surface area contributed by atoms with E-state index in [9.17, 15) is 9.18 Å². The molecule has 0 bridgehead atoms. The van der Waals surface area contributed by atoms with Gasteiger partial charge in [-0.05, 0) is 32.0 Å². The minimum atomic E-state index is -0.686. The van der Waals surface area contributed by atoms with Crippen LogP contribution in [0.5, 0.6) is 5.75 Å². The van der Waals surface area contributed by atoms with Crippen molar-refractivity contribution >= 4 is 11.6 Å². The summed E-state index contributed by atoms with van der Waals surface area (Å²) in [6.45, 7) is 6.20. The predicted octanol–water partition coefficient (Wildman–Crippen LogP) is 2.50. The van der Waals surface area contributed by atoms with Crippen LogP contribution in [0.1, 0.15) is 21.9 Å². The van der Waals surface area contributed by atoms with Crippen molar-refractivity contribution in [1.82, 2.24) is 25.1 Å². The van der Waals surface area contributed by atoms with Gasteiger partial charge in [0.15, 0.2) is 11.5 Å². The first-order chi connectivity index (χ1) is 15.4. The van der Waals surface area contributed by atoms with Gasteiger partial charge in [0.2, 0.25) is 0 Å². The third-order valence-corrected chi connectivity index (χ3v) is 4.86. The van der Waals surface area contributed by atoms with Gasteiger partial charge in [-0.3, -0.25) is 9.48 Å². The van der Waals surface area contributed by atoms with Crippen molar-refractivity contribution in [1.29, 1.82) is 0 Å². The minimum absolute atomic E-state index is 0.149. The summed E-state index contributed by atoms with van der Waals surface area (Å²) in [5.41, 5.74) is 3.45. The summed E-state index contributed by atoms with van der Waals surface area (Å²) in [7, 11) is 3.16. The number of nitrogens with one attached hydrogen (secondary N) is 2. The summed E-state index contributed by atoms with van der Waals surface area (Å²) in [6.07, 6.45) is 2.51. The van der Waals surface area contributed by atoms with Crippen molar-refractivity contribution in [2.45, 2.75) is 13.8 Å². The molecule has 0 aliphatic rings. The zero-order valence-corrected chi connectivity index (χ0v) is 18.6. The van der Waals surface area contributed by atoms with Crippen LogP contribution in [0, 0.1) is 19.7 Å². The standard InChI is InChI=1S/C22H27FN6O3/c1-14-20(15(2)26-13-25-14)17-11-16(28-22(30)21-18(23)12-27-29(21)3)5-6-19(17)32-10-8-24-7-9-31-4/h5-6,11-13,24H,7-10H2,1-4H3,(H,28,30).